The second kappa shape index (κ2) is 7.83. The van der Waals surface area contributed by atoms with Crippen molar-refractivity contribution in [1.82, 2.24) is 0 Å². The van der Waals surface area contributed by atoms with E-state index in [0.29, 0.717) is 0 Å². The van der Waals surface area contributed by atoms with Gasteiger partial charge in [-0.2, -0.15) is 0 Å². The number of rotatable bonds is 5. The molecule has 0 unspecified atom stereocenters. The zero-order valence-corrected chi connectivity index (χ0v) is 14.7. The summed E-state index contributed by atoms with van der Waals surface area (Å²) in [7, 11) is -2.00. The van der Waals surface area contributed by atoms with Crippen molar-refractivity contribution in [2.24, 2.45) is 5.92 Å². The van der Waals surface area contributed by atoms with E-state index in [-0.39, 0.29) is 24.4 Å². The van der Waals surface area contributed by atoms with E-state index in [1.165, 1.54) is 5.19 Å². The molecule has 2 nitrogen and oxygen atoms in total. The fourth-order valence-electron chi connectivity index (χ4n) is 3.17. The van der Waals surface area contributed by atoms with Crippen molar-refractivity contribution in [3.05, 3.63) is 66.2 Å². The van der Waals surface area contributed by atoms with Crippen LogP contribution >= 0.6 is 0 Å². The maximum atomic E-state index is 11.5. The Morgan fingerprint density at radius 1 is 0.955 bits per heavy atom. The third kappa shape index (κ3) is 3.92. The van der Waals surface area contributed by atoms with E-state index in [4.69, 9.17) is 0 Å². The van der Waals surface area contributed by atoms with Crippen LogP contribution in [0.15, 0.2) is 60.7 Å². The van der Waals surface area contributed by atoms with Gasteiger partial charge in [-0.3, -0.25) is 0 Å². The molecule has 0 radical (unpaired) electrons. The second-order valence-electron chi connectivity index (χ2n) is 6.08. The Balaban J connectivity index is 0.00000242. The molecule has 0 aliphatic carbocycles. The van der Waals surface area contributed by atoms with Crippen LogP contribution in [0.3, 0.4) is 0 Å². The van der Waals surface area contributed by atoms with E-state index in [1.54, 1.807) is 6.92 Å². The summed E-state index contributed by atoms with van der Waals surface area (Å²) in [6.45, 7) is 6.24. The van der Waals surface area contributed by atoms with Crippen molar-refractivity contribution in [1.29, 1.82) is 0 Å². The molecule has 0 saturated heterocycles. The van der Waals surface area contributed by atoms with Gasteiger partial charge in [0.2, 0.25) is 0 Å². The molecule has 0 spiro atoms. The van der Waals surface area contributed by atoms with Crippen LogP contribution in [0, 0.1) is 5.92 Å². The molecule has 0 bridgehead atoms. The molecule has 0 heterocycles. The third-order valence-electron chi connectivity index (χ3n) is 4.33. The van der Waals surface area contributed by atoms with Gasteiger partial charge in [0.25, 0.3) is 0 Å². The number of hydrogen-bond donors (Lipinski definition) is 0. The van der Waals surface area contributed by atoms with Crippen molar-refractivity contribution in [2.75, 3.05) is 0 Å². The number of aliphatic carboxylic acids is 1. The molecular weight excluding hydrogens is 283 g/mol. The average Bonchev–Trinajstić information content (AvgIpc) is 2.49. The Morgan fingerprint density at radius 3 is 1.86 bits per heavy atom. The SMILES string of the molecule is C[C@@H](C(=O)[O-])[C@H](c1ccccc1)[Si](C)(C)c1ccccc1.[Li+]. The predicted molar refractivity (Wildman–Crippen MR) is 86.9 cm³/mol. The summed E-state index contributed by atoms with van der Waals surface area (Å²) < 4.78 is 0. The van der Waals surface area contributed by atoms with Gasteiger partial charge in [0.15, 0.2) is 0 Å². The van der Waals surface area contributed by atoms with Crippen molar-refractivity contribution in [3.63, 3.8) is 0 Å². The predicted octanol–water partition coefficient (Wildman–Crippen LogP) is -0.685. The molecule has 2 aromatic carbocycles. The number of carbonyl (C=O) groups excluding carboxylic acids is 1. The average molecular weight is 304 g/mol. The fraction of sp³-hybridized carbons (Fsp3) is 0.278. The van der Waals surface area contributed by atoms with Crippen LogP contribution in [0.2, 0.25) is 13.1 Å². The van der Waals surface area contributed by atoms with Crippen LogP contribution in [0.4, 0.5) is 0 Å². The summed E-state index contributed by atoms with van der Waals surface area (Å²) in [5, 5.41) is 12.8. The number of carboxylic acids is 1. The maximum absolute atomic E-state index is 11.5. The monoisotopic (exact) mass is 304 g/mol. The Kier molecular flexibility index (Phi) is 6.68. The van der Waals surface area contributed by atoms with Crippen molar-refractivity contribution < 1.29 is 28.8 Å². The van der Waals surface area contributed by atoms with Crippen LogP contribution < -0.4 is 29.2 Å². The molecule has 0 aliphatic heterocycles. The molecule has 110 valence electrons. The van der Waals surface area contributed by atoms with Gasteiger partial charge in [0, 0.05) is 11.9 Å². The molecule has 2 atom stereocenters. The summed E-state index contributed by atoms with van der Waals surface area (Å²) in [5.41, 5.74) is 1.08. The van der Waals surface area contributed by atoms with E-state index in [0.717, 1.165) is 5.56 Å². The number of hydrogen-bond acceptors (Lipinski definition) is 2. The Morgan fingerprint density at radius 2 is 1.41 bits per heavy atom. The van der Waals surface area contributed by atoms with Gasteiger partial charge in [-0.1, -0.05) is 85.9 Å². The fourth-order valence-corrected chi connectivity index (χ4v) is 7.00. The van der Waals surface area contributed by atoms with Crippen LogP contribution in [-0.2, 0) is 4.79 Å². The normalized spacial score (nSPS) is 13.8. The smallest absolute Gasteiger partial charge is 0.550 e. The zero-order valence-electron chi connectivity index (χ0n) is 13.7. The minimum absolute atomic E-state index is 0. The molecule has 4 heteroatoms. The van der Waals surface area contributed by atoms with E-state index < -0.39 is 20.0 Å². The largest absolute Gasteiger partial charge is 1.00 e. The van der Waals surface area contributed by atoms with E-state index >= 15 is 0 Å². The Hall–Kier alpha value is -1.28. The topological polar surface area (TPSA) is 40.1 Å². The molecule has 2 rings (SSSR count). The third-order valence-corrected chi connectivity index (χ3v) is 8.54. The number of carboxylic acid groups (broad SMARTS) is 1. The van der Waals surface area contributed by atoms with Crippen LogP contribution in [0.1, 0.15) is 18.0 Å². The second-order valence-corrected chi connectivity index (χ2v) is 10.7. The molecule has 0 fully saturated rings. The Labute approximate surface area is 145 Å². The van der Waals surface area contributed by atoms with E-state index in [2.05, 4.69) is 25.2 Å². The number of benzene rings is 2. The van der Waals surface area contributed by atoms with Gasteiger partial charge < -0.3 is 9.90 Å². The quantitative estimate of drug-likeness (QED) is 0.687. The minimum Gasteiger partial charge on any atom is -0.550 e. The standard InChI is InChI=1S/C18H22O2Si.Li/c1-14(18(19)20)17(15-10-6-4-7-11-15)21(2,3)16-12-8-5-9-13-16;/h4-14,17H,1-3H3,(H,19,20);/q;+1/p-1/t14-,17-;/m1./s1. The summed E-state index contributed by atoms with van der Waals surface area (Å²) in [6.07, 6.45) is 0. The molecule has 0 aromatic heterocycles. The van der Waals surface area contributed by atoms with Gasteiger partial charge in [0.1, 0.15) is 0 Å². The van der Waals surface area contributed by atoms with Gasteiger partial charge >= 0.3 is 18.9 Å². The summed E-state index contributed by atoms with van der Waals surface area (Å²) >= 11 is 0. The summed E-state index contributed by atoms with van der Waals surface area (Å²) in [5.74, 6) is -1.48. The van der Waals surface area contributed by atoms with E-state index in [1.807, 2.05) is 48.5 Å². The number of carbonyl (C=O) groups is 1. The van der Waals surface area contributed by atoms with Crippen LogP contribution in [0.5, 0.6) is 0 Å². The first-order valence-electron chi connectivity index (χ1n) is 7.26. The molecule has 0 N–H and O–H groups in total. The molecule has 2 aromatic rings. The van der Waals surface area contributed by atoms with Crippen molar-refractivity contribution in [3.8, 4) is 0 Å². The molecule has 22 heavy (non-hydrogen) atoms. The first-order valence-corrected chi connectivity index (χ1v) is 10.3. The first kappa shape index (κ1) is 18.8. The van der Waals surface area contributed by atoms with Crippen molar-refractivity contribution in [2.45, 2.75) is 25.6 Å². The van der Waals surface area contributed by atoms with Crippen LogP contribution in [0.25, 0.3) is 0 Å². The van der Waals surface area contributed by atoms with E-state index in [9.17, 15) is 9.90 Å². The van der Waals surface area contributed by atoms with Crippen molar-refractivity contribution >= 4 is 19.2 Å². The van der Waals surface area contributed by atoms with Gasteiger partial charge in [-0.15, -0.1) is 0 Å². The molecule has 0 amide bonds. The molecule has 0 saturated carbocycles. The zero-order chi connectivity index (χ0) is 15.5. The minimum atomic E-state index is -2.00. The van der Waals surface area contributed by atoms with Gasteiger partial charge in [-0.25, -0.2) is 0 Å². The van der Waals surface area contributed by atoms with Gasteiger partial charge in [-0.05, 0) is 11.1 Å². The van der Waals surface area contributed by atoms with Crippen LogP contribution in [-0.4, -0.2) is 14.0 Å². The molecule has 0 aliphatic rings. The summed E-state index contributed by atoms with van der Waals surface area (Å²) in [6, 6.07) is 20.2. The van der Waals surface area contributed by atoms with Gasteiger partial charge in [0.05, 0.1) is 8.07 Å². The molecular formula is C18H21LiO2Si. The summed E-state index contributed by atoms with van der Waals surface area (Å²) in [4.78, 5) is 11.5. The maximum Gasteiger partial charge on any atom is 1.00 e. The first-order chi connectivity index (χ1) is 9.94. The Bertz CT molecular complexity index is 599.